The molecule has 0 aliphatic rings. The third-order valence-electron chi connectivity index (χ3n) is 1.53. The highest BCUT2D eigenvalue weighted by atomic mass is 32.2. The molecule has 0 aliphatic carbocycles. The standard InChI is InChI=1S/C8H10NO2S/c1-9(12(2,10)11)8-6-4-3-5-7-8/h3-6H,1-2H3. The van der Waals surface area contributed by atoms with Crippen LogP contribution in [0.5, 0.6) is 0 Å². The van der Waals surface area contributed by atoms with Gasteiger partial charge in [-0.1, -0.05) is 18.2 Å². The molecule has 0 fully saturated rings. The Kier molecular flexibility index (Phi) is 2.38. The molecule has 65 valence electrons. The number of benzene rings is 1. The third kappa shape index (κ3) is 1.98. The van der Waals surface area contributed by atoms with E-state index >= 15 is 0 Å². The fraction of sp³-hybridized carbons (Fsp3) is 0.250. The fourth-order valence-corrected chi connectivity index (χ4v) is 1.23. The largest absolute Gasteiger partial charge is 0.273 e. The Morgan fingerprint density at radius 2 is 2.08 bits per heavy atom. The van der Waals surface area contributed by atoms with Gasteiger partial charge in [0, 0.05) is 13.1 Å². The zero-order valence-electron chi connectivity index (χ0n) is 6.98. The molecule has 1 rings (SSSR count). The zero-order valence-corrected chi connectivity index (χ0v) is 7.80. The van der Waals surface area contributed by atoms with Gasteiger partial charge in [-0.25, -0.2) is 8.42 Å². The van der Waals surface area contributed by atoms with Crippen molar-refractivity contribution in [2.75, 3.05) is 17.6 Å². The van der Waals surface area contributed by atoms with Gasteiger partial charge in [0.15, 0.2) is 0 Å². The smallest absolute Gasteiger partial charge is 0.232 e. The molecule has 0 aliphatic heterocycles. The number of anilines is 1. The Hall–Kier alpha value is -1.03. The summed E-state index contributed by atoms with van der Waals surface area (Å²) >= 11 is 0. The van der Waals surface area contributed by atoms with Crippen molar-refractivity contribution in [1.29, 1.82) is 0 Å². The highest BCUT2D eigenvalue weighted by Crippen LogP contribution is 2.12. The van der Waals surface area contributed by atoms with Crippen LogP contribution in [0, 0.1) is 6.07 Å². The van der Waals surface area contributed by atoms with Crippen molar-refractivity contribution in [2.24, 2.45) is 0 Å². The molecule has 0 bridgehead atoms. The van der Waals surface area contributed by atoms with Crippen LogP contribution in [0.3, 0.4) is 0 Å². The maximum absolute atomic E-state index is 11.0. The zero-order chi connectivity index (χ0) is 9.19. The SMILES string of the molecule is CN(c1[c]cccc1)S(C)(=O)=O. The summed E-state index contributed by atoms with van der Waals surface area (Å²) in [7, 11) is -1.65. The highest BCUT2D eigenvalue weighted by Gasteiger charge is 2.10. The summed E-state index contributed by atoms with van der Waals surface area (Å²) < 4.78 is 23.3. The Balaban J connectivity index is 3.02. The molecule has 0 amide bonds. The van der Waals surface area contributed by atoms with E-state index in [2.05, 4.69) is 6.07 Å². The van der Waals surface area contributed by atoms with Crippen LogP contribution in [0.2, 0.25) is 0 Å². The molecular formula is C8H10NO2S. The van der Waals surface area contributed by atoms with Crippen LogP contribution >= 0.6 is 0 Å². The quantitative estimate of drug-likeness (QED) is 0.684. The number of rotatable bonds is 2. The first-order chi connectivity index (χ1) is 5.52. The van der Waals surface area contributed by atoms with E-state index in [0.29, 0.717) is 5.69 Å². The molecule has 1 aromatic carbocycles. The minimum Gasteiger partial charge on any atom is -0.273 e. The molecule has 0 aromatic heterocycles. The summed E-state index contributed by atoms with van der Waals surface area (Å²) in [5.41, 5.74) is 0.556. The van der Waals surface area contributed by atoms with Crippen LogP contribution in [0.1, 0.15) is 0 Å². The normalized spacial score (nSPS) is 11.2. The Morgan fingerprint density at radius 1 is 1.42 bits per heavy atom. The van der Waals surface area contributed by atoms with Gasteiger partial charge in [0.05, 0.1) is 11.9 Å². The second-order valence-corrected chi connectivity index (χ2v) is 4.49. The third-order valence-corrected chi connectivity index (χ3v) is 2.72. The van der Waals surface area contributed by atoms with Crippen molar-refractivity contribution < 1.29 is 8.42 Å². The number of hydrogen-bond donors (Lipinski definition) is 0. The number of hydrogen-bond acceptors (Lipinski definition) is 2. The van der Waals surface area contributed by atoms with Gasteiger partial charge in [0.2, 0.25) is 10.0 Å². The minimum absolute atomic E-state index is 0.556. The Bertz CT molecular complexity index is 345. The minimum atomic E-state index is -3.15. The van der Waals surface area contributed by atoms with E-state index in [4.69, 9.17) is 0 Å². The number of sulfonamides is 1. The van der Waals surface area contributed by atoms with E-state index in [9.17, 15) is 8.42 Å². The van der Waals surface area contributed by atoms with E-state index < -0.39 is 10.0 Å². The number of para-hydroxylation sites is 1. The first-order valence-electron chi connectivity index (χ1n) is 3.42. The average molecular weight is 184 g/mol. The molecule has 0 atom stereocenters. The fourth-order valence-electron chi connectivity index (χ4n) is 0.758. The molecule has 1 aromatic rings. The summed E-state index contributed by atoms with van der Waals surface area (Å²) in [4.78, 5) is 0. The number of nitrogens with zero attached hydrogens (tertiary/aromatic N) is 1. The van der Waals surface area contributed by atoms with Crippen LogP contribution in [-0.4, -0.2) is 21.7 Å². The lowest BCUT2D eigenvalue weighted by Crippen LogP contribution is -2.24. The van der Waals surface area contributed by atoms with Crippen LogP contribution in [0.15, 0.2) is 24.3 Å². The molecule has 0 saturated heterocycles. The molecule has 12 heavy (non-hydrogen) atoms. The second kappa shape index (κ2) is 3.15. The maximum Gasteiger partial charge on any atom is 0.232 e. The van der Waals surface area contributed by atoms with Crippen molar-refractivity contribution >= 4 is 15.7 Å². The second-order valence-electron chi connectivity index (χ2n) is 2.48. The summed E-state index contributed by atoms with van der Waals surface area (Å²) in [5.74, 6) is 0. The Labute approximate surface area is 72.7 Å². The van der Waals surface area contributed by atoms with Crippen molar-refractivity contribution in [3.63, 3.8) is 0 Å². The van der Waals surface area contributed by atoms with Gasteiger partial charge in [0.25, 0.3) is 0 Å². The lowest BCUT2D eigenvalue weighted by molar-refractivity contribution is 0.600. The first kappa shape index (κ1) is 9.06. The van der Waals surface area contributed by atoms with Gasteiger partial charge >= 0.3 is 0 Å². The van der Waals surface area contributed by atoms with Crippen molar-refractivity contribution in [3.8, 4) is 0 Å². The lowest BCUT2D eigenvalue weighted by Gasteiger charge is -2.15. The molecule has 0 spiro atoms. The van der Waals surface area contributed by atoms with Crippen LogP contribution in [-0.2, 0) is 10.0 Å². The van der Waals surface area contributed by atoms with Crippen LogP contribution < -0.4 is 4.31 Å². The van der Waals surface area contributed by atoms with E-state index in [1.165, 1.54) is 11.4 Å². The van der Waals surface area contributed by atoms with E-state index in [1.54, 1.807) is 24.3 Å². The van der Waals surface area contributed by atoms with Gasteiger partial charge in [-0.2, -0.15) is 0 Å². The molecular weight excluding hydrogens is 174 g/mol. The summed E-state index contributed by atoms with van der Waals surface area (Å²) in [6.07, 6.45) is 1.16. The Morgan fingerprint density at radius 3 is 2.50 bits per heavy atom. The monoisotopic (exact) mass is 184 g/mol. The van der Waals surface area contributed by atoms with Gasteiger partial charge in [-0.3, -0.25) is 4.31 Å². The lowest BCUT2D eigenvalue weighted by atomic mass is 10.3. The van der Waals surface area contributed by atoms with E-state index in [1.807, 2.05) is 0 Å². The van der Waals surface area contributed by atoms with Gasteiger partial charge in [-0.15, -0.1) is 0 Å². The summed E-state index contributed by atoms with van der Waals surface area (Å²) in [5, 5.41) is 0. The van der Waals surface area contributed by atoms with Crippen LogP contribution in [0.4, 0.5) is 5.69 Å². The predicted molar refractivity (Wildman–Crippen MR) is 48.5 cm³/mol. The predicted octanol–water partition coefficient (Wildman–Crippen LogP) is 0.883. The van der Waals surface area contributed by atoms with E-state index in [-0.39, 0.29) is 0 Å². The summed E-state index contributed by atoms with van der Waals surface area (Å²) in [6, 6.07) is 9.76. The van der Waals surface area contributed by atoms with Crippen molar-refractivity contribution in [2.45, 2.75) is 0 Å². The molecule has 1 radical (unpaired) electrons. The topological polar surface area (TPSA) is 37.4 Å². The van der Waals surface area contributed by atoms with Gasteiger partial charge in [0.1, 0.15) is 0 Å². The van der Waals surface area contributed by atoms with E-state index in [0.717, 1.165) is 6.26 Å². The molecule has 4 heteroatoms. The molecule has 3 nitrogen and oxygen atoms in total. The molecule has 0 saturated carbocycles. The van der Waals surface area contributed by atoms with Gasteiger partial charge in [-0.05, 0) is 6.07 Å². The average Bonchev–Trinajstić information content (AvgIpc) is 2.03. The van der Waals surface area contributed by atoms with Crippen molar-refractivity contribution in [1.82, 2.24) is 0 Å². The highest BCUT2D eigenvalue weighted by molar-refractivity contribution is 7.92. The maximum atomic E-state index is 11.0. The first-order valence-corrected chi connectivity index (χ1v) is 5.27. The van der Waals surface area contributed by atoms with Crippen LogP contribution in [0.25, 0.3) is 0 Å². The molecule has 0 heterocycles. The molecule has 0 N–H and O–H groups in total. The summed E-state index contributed by atoms with van der Waals surface area (Å²) in [6.45, 7) is 0. The van der Waals surface area contributed by atoms with Crippen molar-refractivity contribution in [3.05, 3.63) is 30.3 Å². The van der Waals surface area contributed by atoms with Gasteiger partial charge < -0.3 is 0 Å². The molecule has 0 unspecified atom stereocenters.